The summed E-state index contributed by atoms with van der Waals surface area (Å²) < 4.78 is 76.4. The van der Waals surface area contributed by atoms with Crippen LogP contribution in [0.5, 0.6) is 0 Å². The van der Waals surface area contributed by atoms with Crippen LogP contribution in [-0.4, -0.2) is 32.9 Å². The van der Waals surface area contributed by atoms with Crippen LogP contribution in [0.2, 0.25) is 0 Å². The lowest BCUT2D eigenvalue weighted by Crippen LogP contribution is -2.28. The number of anilines is 1. The second-order valence-corrected chi connectivity index (χ2v) is 11.9. The van der Waals surface area contributed by atoms with Gasteiger partial charge in [0.15, 0.2) is 0 Å². The zero-order valence-electron chi connectivity index (χ0n) is 19.4. The maximum Gasteiger partial charge on any atom is 0.302 e. The standard InChI is InChI=1S/C24H22FN3O6S2/c1-15-3-7-19(8-4-15)36(32,33)28-14-24(20-9-6-18(12-23(20)28)34-16(2)29)35(30,31)27-22-10-5-17(13-26)11-21(22)25/h3-5,7-8,10-11,14,18,27H,6,9,12H2,1-2H3. The van der Waals surface area contributed by atoms with Crippen molar-refractivity contribution < 1.29 is 30.8 Å². The second kappa shape index (κ2) is 9.40. The van der Waals surface area contributed by atoms with E-state index >= 15 is 0 Å². The van der Waals surface area contributed by atoms with Crippen LogP contribution in [0.1, 0.15) is 35.7 Å². The van der Waals surface area contributed by atoms with Crippen LogP contribution < -0.4 is 4.72 Å². The van der Waals surface area contributed by atoms with Gasteiger partial charge in [-0.15, -0.1) is 0 Å². The van der Waals surface area contributed by atoms with Crippen LogP contribution in [0.4, 0.5) is 10.1 Å². The summed E-state index contributed by atoms with van der Waals surface area (Å²) in [6, 6.07) is 11.1. The number of ether oxygens (including phenoxy) is 1. The topological polar surface area (TPSA) is 135 Å². The Hall–Kier alpha value is -3.69. The monoisotopic (exact) mass is 531 g/mol. The molecule has 0 aliphatic heterocycles. The molecule has 1 aliphatic rings. The van der Waals surface area contributed by atoms with Gasteiger partial charge in [0.05, 0.1) is 22.2 Å². The van der Waals surface area contributed by atoms with E-state index in [1.807, 2.05) is 0 Å². The third-order valence-electron chi connectivity index (χ3n) is 5.83. The third-order valence-corrected chi connectivity index (χ3v) is 8.96. The van der Waals surface area contributed by atoms with Gasteiger partial charge in [0, 0.05) is 25.2 Å². The number of nitriles is 1. The molecule has 0 amide bonds. The smallest absolute Gasteiger partial charge is 0.302 e. The van der Waals surface area contributed by atoms with Crippen LogP contribution in [0.25, 0.3) is 0 Å². The maximum atomic E-state index is 14.4. The predicted molar refractivity (Wildman–Crippen MR) is 128 cm³/mol. The Balaban J connectivity index is 1.83. The molecule has 4 rings (SSSR count). The largest absolute Gasteiger partial charge is 0.462 e. The van der Waals surface area contributed by atoms with E-state index in [2.05, 4.69) is 4.72 Å². The first-order valence-corrected chi connectivity index (χ1v) is 13.8. The number of esters is 1. The minimum Gasteiger partial charge on any atom is -0.462 e. The summed E-state index contributed by atoms with van der Waals surface area (Å²) in [6.45, 7) is 3.04. The highest BCUT2D eigenvalue weighted by molar-refractivity contribution is 7.93. The molecular weight excluding hydrogens is 509 g/mol. The van der Waals surface area contributed by atoms with Crippen molar-refractivity contribution in [2.45, 2.75) is 49.0 Å². The molecule has 1 aliphatic carbocycles. The number of nitrogens with zero attached hydrogens (tertiary/aromatic N) is 2. The van der Waals surface area contributed by atoms with Crippen molar-refractivity contribution in [2.24, 2.45) is 0 Å². The summed E-state index contributed by atoms with van der Waals surface area (Å²) in [4.78, 5) is 11.1. The molecule has 3 aromatic rings. The van der Waals surface area contributed by atoms with Crippen LogP contribution in [-0.2, 0) is 42.4 Å². The lowest BCUT2D eigenvalue weighted by Gasteiger charge is -2.24. The highest BCUT2D eigenvalue weighted by Gasteiger charge is 2.35. The zero-order valence-corrected chi connectivity index (χ0v) is 21.0. The van der Waals surface area contributed by atoms with Crippen LogP contribution in [0, 0.1) is 24.1 Å². The Morgan fingerprint density at radius 2 is 1.86 bits per heavy atom. The Morgan fingerprint density at radius 3 is 2.47 bits per heavy atom. The number of hydrogen-bond acceptors (Lipinski definition) is 7. The average molecular weight is 532 g/mol. The normalized spacial score (nSPS) is 15.6. The van der Waals surface area contributed by atoms with Crippen LogP contribution >= 0.6 is 0 Å². The maximum absolute atomic E-state index is 14.4. The lowest BCUT2D eigenvalue weighted by atomic mass is 9.95. The molecule has 9 nitrogen and oxygen atoms in total. The first-order chi connectivity index (χ1) is 16.9. The molecule has 0 spiro atoms. The molecular formula is C24H22FN3O6S2. The van der Waals surface area contributed by atoms with Crippen molar-refractivity contribution >= 4 is 31.7 Å². The molecule has 36 heavy (non-hydrogen) atoms. The number of halogens is 1. The lowest BCUT2D eigenvalue weighted by molar-refractivity contribution is -0.146. The van der Waals surface area contributed by atoms with Gasteiger partial charge in [-0.1, -0.05) is 17.7 Å². The first-order valence-electron chi connectivity index (χ1n) is 10.9. The van der Waals surface area contributed by atoms with Gasteiger partial charge < -0.3 is 4.74 Å². The van der Waals surface area contributed by atoms with E-state index in [1.165, 1.54) is 25.1 Å². The SMILES string of the molecule is CC(=O)OC1CCc2c(S(=O)(=O)Nc3ccc(C#N)cc3F)cn(S(=O)(=O)c3ccc(C)cc3)c2C1. The van der Waals surface area contributed by atoms with Crippen molar-refractivity contribution in [1.82, 2.24) is 3.97 Å². The third kappa shape index (κ3) is 4.84. The van der Waals surface area contributed by atoms with Crippen molar-refractivity contribution in [3.8, 4) is 6.07 Å². The number of rotatable bonds is 6. The number of fused-ring (bicyclic) bond motifs is 1. The molecule has 0 saturated carbocycles. The molecule has 1 aromatic heterocycles. The number of carbonyl (C=O) groups excluding carboxylic acids is 1. The Kier molecular flexibility index (Phi) is 6.64. The van der Waals surface area contributed by atoms with Gasteiger partial charge in [-0.25, -0.2) is 25.2 Å². The fourth-order valence-corrected chi connectivity index (χ4v) is 6.96. The van der Waals surface area contributed by atoms with Gasteiger partial charge in [-0.3, -0.25) is 9.52 Å². The zero-order chi connectivity index (χ0) is 26.3. The van der Waals surface area contributed by atoms with Crippen LogP contribution in [0.3, 0.4) is 0 Å². The molecule has 0 bridgehead atoms. The summed E-state index contributed by atoms with van der Waals surface area (Å²) in [7, 11) is -8.64. The Bertz CT molecular complexity index is 1600. The van der Waals surface area contributed by atoms with Gasteiger partial charge in [0.1, 0.15) is 16.8 Å². The fraction of sp³-hybridized carbons (Fsp3) is 0.250. The average Bonchev–Trinajstić information content (AvgIpc) is 3.21. The fourth-order valence-electron chi connectivity index (χ4n) is 4.11. The highest BCUT2D eigenvalue weighted by Crippen LogP contribution is 2.34. The molecule has 2 aromatic carbocycles. The minimum atomic E-state index is -4.43. The summed E-state index contributed by atoms with van der Waals surface area (Å²) >= 11 is 0. The first kappa shape index (κ1) is 25.4. The summed E-state index contributed by atoms with van der Waals surface area (Å²) in [5.41, 5.74) is 0.893. The van der Waals surface area contributed by atoms with Crippen LogP contribution in [0.15, 0.2) is 58.5 Å². The molecule has 188 valence electrons. The molecule has 1 N–H and O–H groups in total. The van der Waals surface area contributed by atoms with Crippen molar-refractivity contribution in [3.05, 3.63) is 76.9 Å². The molecule has 1 atom stereocenters. The van der Waals surface area contributed by atoms with Crippen molar-refractivity contribution in [1.29, 1.82) is 5.26 Å². The summed E-state index contributed by atoms with van der Waals surface area (Å²) in [6.07, 6.45) is 0.766. The molecule has 0 saturated heterocycles. The summed E-state index contributed by atoms with van der Waals surface area (Å²) in [5, 5.41) is 8.91. The Morgan fingerprint density at radius 1 is 1.17 bits per heavy atom. The Labute approximate surface area is 208 Å². The quantitative estimate of drug-likeness (QED) is 0.482. The number of aromatic nitrogens is 1. The molecule has 1 unspecified atom stereocenters. The number of hydrogen-bond donors (Lipinski definition) is 1. The number of nitrogens with one attached hydrogen (secondary N) is 1. The highest BCUT2D eigenvalue weighted by atomic mass is 32.2. The van der Waals surface area contributed by atoms with E-state index < -0.39 is 37.9 Å². The van der Waals surface area contributed by atoms with E-state index in [9.17, 15) is 26.0 Å². The van der Waals surface area contributed by atoms with Crippen molar-refractivity contribution in [2.75, 3.05) is 4.72 Å². The van der Waals surface area contributed by atoms with E-state index in [0.29, 0.717) is 0 Å². The van der Waals surface area contributed by atoms with Gasteiger partial charge in [0.2, 0.25) is 0 Å². The number of sulfonamides is 1. The molecule has 0 radical (unpaired) electrons. The van der Waals surface area contributed by atoms with Gasteiger partial charge in [0.25, 0.3) is 20.0 Å². The van der Waals surface area contributed by atoms with E-state index in [1.54, 1.807) is 25.1 Å². The molecule has 12 heteroatoms. The minimum absolute atomic E-state index is 0.0131. The van der Waals surface area contributed by atoms with E-state index in [4.69, 9.17) is 10.00 Å². The number of benzene rings is 2. The number of aryl methyl sites for hydroxylation is 1. The predicted octanol–water partition coefficient (Wildman–Crippen LogP) is 3.27. The molecule has 0 fully saturated rings. The number of carbonyl (C=O) groups is 1. The van der Waals surface area contributed by atoms with Gasteiger partial charge in [-0.2, -0.15) is 5.26 Å². The van der Waals surface area contributed by atoms with Crippen molar-refractivity contribution in [3.63, 3.8) is 0 Å². The van der Waals surface area contributed by atoms with E-state index in [-0.39, 0.29) is 51.6 Å². The molecule has 1 heterocycles. The summed E-state index contributed by atoms with van der Waals surface area (Å²) in [5.74, 6) is -1.48. The van der Waals surface area contributed by atoms with Gasteiger partial charge >= 0.3 is 5.97 Å². The second-order valence-electron chi connectivity index (χ2n) is 8.42. The van der Waals surface area contributed by atoms with Gasteiger partial charge in [-0.05, 0) is 55.7 Å². The van der Waals surface area contributed by atoms with E-state index in [0.717, 1.165) is 27.9 Å².